The number of benzene rings is 2. The number of hydrogen-bond donors (Lipinski definition) is 2. The molecule has 2 atom stereocenters. The van der Waals surface area contributed by atoms with Crippen molar-refractivity contribution in [3.63, 3.8) is 0 Å². The Hall–Kier alpha value is -2.51. The molecule has 0 spiro atoms. The highest BCUT2D eigenvalue weighted by Gasteiger charge is 2.30. The van der Waals surface area contributed by atoms with E-state index >= 15 is 0 Å². The van der Waals surface area contributed by atoms with Gasteiger partial charge in [-0.1, -0.05) is 12.1 Å². The van der Waals surface area contributed by atoms with Crippen molar-refractivity contribution < 1.29 is 18.3 Å². The fourth-order valence-electron chi connectivity index (χ4n) is 3.18. The summed E-state index contributed by atoms with van der Waals surface area (Å²) in [5.74, 6) is -0.858. The van der Waals surface area contributed by atoms with Gasteiger partial charge in [0.05, 0.1) is 13.2 Å². The van der Waals surface area contributed by atoms with Crippen LogP contribution in [0.15, 0.2) is 42.5 Å². The Morgan fingerprint density at radius 2 is 1.96 bits per heavy atom. The highest BCUT2D eigenvalue weighted by molar-refractivity contribution is 5.94. The van der Waals surface area contributed by atoms with Crippen LogP contribution in [0.5, 0.6) is 5.75 Å². The number of methoxy groups -OCH3 is 1. The smallest absolute Gasteiger partial charge is 0.253 e. The van der Waals surface area contributed by atoms with Gasteiger partial charge in [-0.2, -0.15) is 0 Å². The fraction of sp³-hybridized carbons (Fsp3) is 0.316. The Labute approximate surface area is 150 Å². The minimum absolute atomic E-state index is 0.0337. The zero-order valence-electron chi connectivity index (χ0n) is 14.6. The van der Waals surface area contributed by atoms with E-state index in [9.17, 15) is 13.6 Å². The molecule has 0 bridgehead atoms. The van der Waals surface area contributed by atoms with Gasteiger partial charge in [-0.05, 0) is 35.9 Å². The van der Waals surface area contributed by atoms with Gasteiger partial charge >= 0.3 is 0 Å². The van der Waals surface area contributed by atoms with Crippen LogP contribution < -0.4 is 15.6 Å². The van der Waals surface area contributed by atoms with Crippen molar-refractivity contribution >= 4 is 5.91 Å². The van der Waals surface area contributed by atoms with Gasteiger partial charge in [0.15, 0.2) is 11.6 Å². The summed E-state index contributed by atoms with van der Waals surface area (Å²) in [7, 11) is 3.07. The first-order chi connectivity index (χ1) is 12.5. The molecule has 1 aliphatic heterocycles. The van der Waals surface area contributed by atoms with Crippen LogP contribution >= 0.6 is 0 Å². The lowest BCUT2D eigenvalue weighted by atomic mass is 9.94. The van der Waals surface area contributed by atoms with Crippen molar-refractivity contribution in [3.05, 3.63) is 65.2 Å². The van der Waals surface area contributed by atoms with Gasteiger partial charge in [-0.15, -0.1) is 0 Å². The molecule has 0 saturated carbocycles. The first kappa shape index (κ1) is 18.3. The van der Waals surface area contributed by atoms with Gasteiger partial charge in [0, 0.05) is 31.6 Å². The van der Waals surface area contributed by atoms with E-state index in [1.165, 1.54) is 37.4 Å². The third-order valence-corrected chi connectivity index (χ3v) is 4.58. The summed E-state index contributed by atoms with van der Waals surface area (Å²) >= 11 is 0. The van der Waals surface area contributed by atoms with Gasteiger partial charge in [0.1, 0.15) is 5.82 Å². The third-order valence-electron chi connectivity index (χ3n) is 4.58. The Bertz CT molecular complexity index is 783. The third kappa shape index (κ3) is 3.84. The van der Waals surface area contributed by atoms with Crippen LogP contribution in [0.1, 0.15) is 22.0 Å². The number of halogens is 2. The summed E-state index contributed by atoms with van der Waals surface area (Å²) in [5, 5.41) is 0. The van der Waals surface area contributed by atoms with Crippen LogP contribution in [0.3, 0.4) is 0 Å². The number of nitrogens with zero attached hydrogens (tertiary/aromatic N) is 1. The minimum atomic E-state index is -0.507. The number of carbonyl (C=O) groups excluding carboxylic acids is 1. The van der Waals surface area contributed by atoms with Gasteiger partial charge in [-0.25, -0.2) is 14.2 Å². The highest BCUT2D eigenvalue weighted by atomic mass is 19.1. The molecule has 2 aromatic rings. The Kier molecular flexibility index (Phi) is 5.49. The summed E-state index contributed by atoms with van der Waals surface area (Å²) in [6, 6.07) is 10.3. The maximum atomic E-state index is 13.5. The second-order valence-corrected chi connectivity index (χ2v) is 6.35. The highest BCUT2D eigenvalue weighted by Crippen LogP contribution is 2.26. The van der Waals surface area contributed by atoms with E-state index in [0.717, 1.165) is 5.56 Å². The predicted molar refractivity (Wildman–Crippen MR) is 93.7 cm³/mol. The van der Waals surface area contributed by atoms with Crippen LogP contribution in [-0.2, 0) is 0 Å². The number of ether oxygens (including phenoxy) is 1. The number of nitrogens with one attached hydrogen (secondary N) is 2. The molecule has 26 heavy (non-hydrogen) atoms. The van der Waals surface area contributed by atoms with Gasteiger partial charge < -0.3 is 9.64 Å². The second kappa shape index (κ2) is 7.80. The molecule has 2 aromatic carbocycles. The lowest BCUT2D eigenvalue weighted by Gasteiger charge is -2.25. The van der Waals surface area contributed by atoms with E-state index in [0.29, 0.717) is 18.7 Å². The molecule has 1 saturated heterocycles. The lowest BCUT2D eigenvalue weighted by Crippen LogP contribution is -2.34. The first-order valence-electron chi connectivity index (χ1n) is 8.32. The predicted octanol–water partition coefficient (Wildman–Crippen LogP) is 2.51. The maximum absolute atomic E-state index is 13.5. The lowest BCUT2D eigenvalue weighted by molar-refractivity contribution is 0.0771. The van der Waals surface area contributed by atoms with Crippen molar-refractivity contribution in [2.45, 2.75) is 6.04 Å². The van der Waals surface area contributed by atoms with Crippen LogP contribution in [0, 0.1) is 17.6 Å². The van der Waals surface area contributed by atoms with Crippen molar-refractivity contribution in [1.29, 1.82) is 0 Å². The number of rotatable bonds is 5. The number of hydrazine groups is 1. The summed E-state index contributed by atoms with van der Waals surface area (Å²) < 4.78 is 31.6. The maximum Gasteiger partial charge on any atom is 0.253 e. The molecule has 2 N–H and O–H groups in total. The zero-order valence-corrected chi connectivity index (χ0v) is 14.6. The Morgan fingerprint density at radius 1 is 1.23 bits per heavy atom. The van der Waals surface area contributed by atoms with Crippen LogP contribution in [0.4, 0.5) is 8.78 Å². The second-order valence-electron chi connectivity index (χ2n) is 6.35. The van der Waals surface area contributed by atoms with Crippen LogP contribution in [0.25, 0.3) is 0 Å². The number of carbonyl (C=O) groups is 1. The largest absolute Gasteiger partial charge is 0.494 e. The quantitative estimate of drug-likeness (QED) is 0.859. The van der Waals surface area contributed by atoms with Crippen molar-refractivity contribution in [3.8, 4) is 5.75 Å². The van der Waals surface area contributed by atoms with Crippen LogP contribution in [0.2, 0.25) is 0 Å². The standard InChI is InChI=1S/C19H21F2N3O2/c1-24(19(25)13-5-8-16(21)17(9-13)26-2)11-14-10-22-23-18(14)12-3-6-15(20)7-4-12/h3-9,14,18,22-23H,10-11H2,1-2H3. The van der Waals surface area contributed by atoms with E-state index in [-0.39, 0.29) is 29.4 Å². The normalized spacial score (nSPS) is 19.4. The average Bonchev–Trinajstić information content (AvgIpc) is 3.10. The molecular formula is C19H21F2N3O2. The molecule has 0 radical (unpaired) electrons. The van der Waals surface area contributed by atoms with Crippen molar-refractivity contribution in [1.82, 2.24) is 15.8 Å². The molecule has 1 amide bonds. The monoisotopic (exact) mass is 361 g/mol. The summed E-state index contributed by atoms with van der Waals surface area (Å²) in [6.07, 6.45) is 0. The van der Waals surface area contributed by atoms with Crippen molar-refractivity contribution in [2.24, 2.45) is 5.92 Å². The molecule has 138 valence electrons. The molecule has 7 heteroatoms. The summed E-state index contributed by atoms with van der Waals surface area (Å²) in [6.45, 7) is 1.16. The summed E-state index contributed by atoms with van der Waals surface area (Å²) in [5.41, 5.74) is 7.58. The minimum Gasteiger partial charge on any atom is -0.494 e. The molecule has 0 aromatic heterocycles. The first-order valence-corrected chi connectivity index (χ1v) is 8.32. The molecule has 3 rings (SSSR count). The van der Waals surface area contributed by atoms with Crippen LogP contribution in [-0.4, -0.2) is 38.1 Å². The van der Waals surface area contributed by atoms with E-state index in [4.69, 9.17) is 4.74 Å². The SMILES string of the molecule is COc1cc(C(=O)N(C)CC2CNNC2c2ccc(F)cc2)ccc1F. The molecule has 5 nitrogen and oxygen atoms in total. The Balaban J connectivity index is 1.71. The molecule has 1 heterocycles. The number of hydrogen-bond acceptors (Lipinski definition) is 4. The molecule has 1 fully saturated rings. The summed E-state index contributed by atoms with van der Waals surface area (Å²) in [4.78, 5) is 14.3. The zero-order chi connectivity index (χ0) is 18.7. The van der Waals surface area contributed by atoms with E-state index in [2.05, 4.69) is 10.9 Å². The Morgan fingerprint density at radius 3 is 2.65 bits per heavy atom. The average molecular weight is 361 g/mol. The van der Waals surface area contributed by atoms with Gasteiger partial charge in [0.25, 0.3) is 5.91 Å². The number of amides is 1. The van der Waals surface area contributed by atoms with Gasteiger partial charge in [-0.3, -0.25) is 10.2 Å². The molecular weight excluding hydrogens is 340 g/mol. The molecule has 1 aliphatic rings. The topological polar surface area (TPSA) is 53.6 Å². The van der Waals surface area contributed by atoms with Crippen molar-refractivity contribution in [2.75, 3.05) is 27.2 Å². The fourth-order valence-corrected chi connectivity index (χ4v) is 3.18. The van der Waals surface area contributed by atoms with E-state index in [1.807, 2.05) is 0 Å². The van der Waals surface area contributed by atoms with E-state index < -0.39 is 5.82 Å². The molecule has 0 aliphatic carbocycles. The van der Waals surface area contributed by atoms with E-state index in [1.54, 1.807) is 24.1 Å². The van der Waals surface area contributed by atoms with Gasteiger partial charge in [0.2, 0.25) is 0 Å². The molecule has 2 unspecified atom stereocenters.